The van der Waals surface area contributed by atoms with E-state index in [4.69, 9.17) is 25.5 Å². The number of allylic oxidation sites excluding steroid dienone is 4. The van der Waals surface area contributed by atoms with Gasteiger partial charge in [-0.05, 0) is 41.2 Å². The van der Waals surface area contributed by atoms with Crippen LogP contribution in [0.2, 0.25) is 0 Å². The Hall–Kier alpha value is -4.23. The lowest BCUT2D eigenvalue weighted by molar-refractivity contribution is 0.306. The molecule has 0 fully saturated rings. The maximum Gasteiger partial charge on any atom is 0.309 e. The van der Waals surface area contributed by atoms with Crippen molar-refractivity contribution in [1.29, 1.82) is 0 Å². The summed E-state index contributed by atoms with van der Waals surface area (Å²) in [5, 5.41) is 0. The number of aryl methyl sites for hydroxylation is 1. The lowest BCUT2D eigenvalue weighted by Gasteiger charge is -2.18. The van der Waals surface area contributed by atoms with Gasteiger partial charge in [0.1, 0.15) is 24.1 Å². The molecule has 1 atom stereocenters. The molecule has 3 aromatic rings. The molecule has 2 heterocycles. The molecule has 10 nitrogen and oxygen atoms in total. The lowest BCUT2D eigenvalue weighted by atomic mass is 9.95. The van der Waals surface area contributed by atoms with Gasteiger partial charge < -0.3 is 10.5 Å². The van der Waals surface area contributed by atoms with Gasteiger partial charge in [-0.3, -0.25) is 15.1 Å². The average molecular weight is 635 g/mol. The Morgan fingerprint density at radius 2 is 1.91 bits per heavy atom. The summed E-state index contributed by atoms with van der Waals surface area (Å²) in [5.74, 6) is 0.844. The maximum atomic E-state index is 14.9. The Morgan fingerprint density at radius 1 is 1.13 bits per heavy atom. The zero-order valence-electron chi connectivity index (χ0n) is 25.7. The Balaban J connectivity index is 0.00000226. The van der Waals surface area contributed by atoms with Crippen LogP contribution in [-0.4, -0.2) is 26.3 Å². The van der Waals surface area contributed by atoms with Gasteiger partial charge in [-0.1, -0.05) is 75.4 Å². The fraction of sp³-hybridized carbons (Fsp3) is 0.303. The number of nitrogens with one attached hydrogen (secondary N) is 1. The number of benzene rings is 2. The monoisotopic (exact) mass is 634 g/mol. The number of hydrogen-bond acceptors (Lipinski definition) is 8. The lowest BCUT2D eigenvalue weighted by Crippen LogP contribution is -2.32. The first-order valence-corrected chi connectivity index (χ1v) is 16.0. The van der Waals surface area contributed by atoms with E-state index >= 15 is 0 Å². The van der Waals surface area contributed by atoms with Gasteiger partial charge in [0, 0.05) is 36.6 Å². The maximum absolute atomic E-state index is 14.9. The molecule has 1 unspecified atom stereocenters. The number of hydrogen-bond donors (Lipinski definition) is 3. The number of halogens is 1. The summed E-state index contributed by atoms with van der Waals surface area (Å²) < 4.78 is 42.4. The van der Waals surface area contributed by atoms with Crippen LogP contribution < -0.4 is 27.2 Å². The van der Waals surface area contributed by atoms with E-state index in [1.54, 1.807) is 16.7 Å². The number of nitrogens with two attached hydrogens (primary N) is 2. The zero-order chi connectivity index (χ0) is 32.3. The first-order valence-electron chi connectivity index (χ1n) is 15.0. The molecule has 1 aliphatic carbocycles. The van der Waals surface area contributed by atoms with E-state index in [0.29, 0.717) is 40.7 Å². The first-order chi connectivity index (χ1) is 21.9. The van der Waals surface area contributed by atoms with Gasteiger partial charge >= 0.3 is 11.3 Å². The molecule has 1 aliphatic heterocycles. The number of hydroxylamine groups is 1. The third-order valence-corrected chi connectivity index (χ3v) is 7.68. The van der Waals surface area contributed by atoms with Gasteiger partial charge in [0.2, 0.25) is 0 Å². The third-order valence-electron chi connectivity index (χ3n) is 7.12. The highest BCUT2D eigenvalue weighted by Crippen LogP contribution is 2.28. The second kappa shape index (κ2) is 16.2. The molecular weight excluding hydrogens is 595 g/mol. The minimum absolute atomic E-state index is 0.0438. The van der Waals surface area contributed by atoms with E-state index in [1.165, 1.54) is 6.07 Å². The highest BCUT2D eigenvalue weighted by molar-refractivity contribution is 7.79. The number of aromatic nitrogens is 2. The predicted octanol–water partition coefficient (Wildman–Crippen LogP) is 4.54. The van der Waals surface area contributed by atoms with Gasteiger partial charge in [0.15, 0.2) is 5.84 Å². The van der Waals surface area contributed by atoms with Gasteiger partial charge in [0.05, 0.1) is 12.2 Å². The normalized spacial score (nSPS) is 15.7. The van der Waals surface area contributed by atoms with E-state index in [0.717, 1.165) is 35.1 Å². The first kappa shape index (κ1) is 33.7. The van der Waals surface area contributed by atoms with E-state index in [9.17, 15) is 13.4 Å². The molecule has 0 amide bonds. The molecule has 1 aromatic heterocycles. The van der Waals surface area contributed by atoms with Crippen molar-refractivity contribution < 1.29 is 17.6 Å². The molecule has 5 N–H and O–H groups in total. The summed E-state index contributed by atoms with van der Waals surface area (Å²) in [7, 11) is 0. The van der Waals surface area contributed by atoms with E-state index in [1.807, 2.05) is 63.3 Å². The van der Waals surface area contributed by atoms with Crippen LogP contribution in [-0.2, 0) is 41.5 Å². The van der Waals surface area contributed by atoms with Crippen LogP contribution in [0.5, 0.6) is 5.75 Å². The predicted molar refractivity (Wildman–Crippen MR) is 176 cm³/mol. The quantitative estimate of drug-likeness (QED) is 0.261. The molecular formula is C33H39FN6O4S. The van der Waals surface area contributed by atoms with Crippen molar-refractivity contribution in [3.05, 3.63) is 122 Å². The van der Waals surface area contributed by atoms with Gasteiger partial charge in [-0.2, -0.15) is 4.28 Å². The molecule has 45 heavy (non-hydrogen) atoms. The van der Waals surface area contributed by atoms with Gasteiger partial charge in [-0.15, -0.1) is 4.40 Å². The molecule has 12 heteroatoms. The molecule has 0 saturated heterocycles. The van der Waals surface area contributed by atoms with E-state index in [2.05, 4.69) is 16.0 Å². The summed E-state index contributed by atoms with van der Waals surface area (Å²) >= 11 is -1.78. The second-order valence-electron chi connectivity index (χ2n) is 9.94. The Kier molecular flexibility index (Phi) is 12.1. The van der Waals surface area contributed by atoms with Crippen LogP contribution in [0.25, 0.3) is 5.57 Å². The number of amidine groups is 1. The summed E-state index contributed by atoms with van der Waals surface area (Å²) in [6.45, 7) is 6.30. The van der Waals surface area contributed by atoms with Crippen molar-refractivity contribution in [3.63, 3.8) is 0 Å². The second-order valence-corrected chi connectivity index (χ2v) is 10.7. The number of rotatable bonds is 11. The van der Waals surface area contributed by atoms with Crippen molar-refractivity contribution in [2.75, 3.05) is 6.73 Å². The van der Waals surface area contributed by atoms with Crippen LogP contribution in [0.15, 0.2) is 81.5 Å². The number of ether oxygens (including phenoxy) is 1. The van der Waals surface area contributed by atoms with Crippen molar-refractivity contribution in [2.45, 2.75) is 59.5 Å². The summed E-state index contributed by atoms with van der Waals surface area (Å²) in [6.07, 6.45) is 10.0. The third kappa shape index (κ3) is 8.08. The minimum Gasteiger partial charge on any atom is -0.478 e. The average Bonchev–Trinajstić information content (AvgIpc) is 3.33. The zero-order valence-corrected chi connectivity index (χ0v) is 26.5. The topological polar surface area (TPSA) is 147 Å². The number of nitrogens with zero attached hydrogens (tertiary/aromatic N) is 3. The van der Waals surface area contributed by atoms with Gasteiger partial charge in [-0.25, -0.2) is 19.1 Å². The highest BCUT2D eigenvalue weighted by Gasteiger charge is 2.22. The largest absolute Gasteiger partial charge is 0.478 e. The van der Waals surface area contributed by atoms with Crippen molar-refractivity contribution in [2.24, 2.45) is 15.9 Å². The van der Waals surface area contributed by atoms with Crippen molar-refractivity contribution in [3.8, 4) is 5.75 Å². The highest BCUT2D eigenvalue weighted by atomic mass is 32.2. The molecule has 0 spiro atoms. The van der Waals surface area contributed by atoms with E-state index in [-0.39, 0.29) is 31.8 Å². The van der Waals surface area contributed by atoms with Crippen LogP contribution in [0.4, 0.5) is 4.39 Å². The Morgan fingerprint density at radius 3 is 2.56 bits per heavy atom. The molecule has 5 rings (SSSR count). The molecule has 0 radical (unpaired) electrons. The Bertz CT molecular complexity index is 1710. The SMILES string of the molecule is CC.CCCc1nc(CN)c(Cc2ccc(OCN)cc2F)c(=O)n1Cc1ccc(C2=CCC=CC=C2C2=NS(=O)ON2)cc1. The fourth-order valence-electron chi connectivity index (χ4n) is 5.03. The smallest absolute Gasteiger partial charge is 0.309 e. The van der Waals surface area contributed by atoms with Crippen LogP contribution in [0.3, 0.4) is 0 Å². The van der Waals surface area contributed by atoms with Gasteiger partial charge in [0.25, 0.3) is 5.56 Å². The molecule has 0 saturated carbocycles. The molecule has 0 bridgehead atoms. The summed E-state index contributed by atoms with van der Waals surface area (Å²) in [5.41, 5.74) is 18.5. The molecule has 238 valence electrons. The van der Waals surface area contributed by atoms with Crippen LogP contribution >= 0.6 is 0 Å². The summed E-state index contributed by atoms with van der Waals surface area (Å²) in [6, 6.07) is 12.3. The fourth-order valence-corrected chi connectivity index (χ4v) is 5.50. The van der Waals surface area contributed by atoms with Crippen LogP contribution in [0, 0.1) is 5.82 Å². The minimum atomic E-state index is -1.78. The van der Waals surface area contributed by atoms with E-state index < -0.39 is 17.1 Å². The molecule has 2 aromatic carbocycles. The van der Waals surface area contributed by atoms with Crippen LogP contribution in [0.1, 0.15) is 67.4 Å². The standard InChI is InChI=1S/C31H33FN6O4S.C2H6/c1-2-6-29-35-28(17-33)26(15-22-13-14-23(41-19-34)16-27(22)32)31(39)38(29)18-20-9-11-21(12-10-20)24-7-4-3-5-8-25(24)30-36-42-43(40)37-30;1-2/h3,5,7-14,16H,2,4,6,15,17-19,33-34H2,1H3,(H,36,37);1-2H3. The van der Waals surface area contributed by atoms with Crippen molar-refractivity contribution in [1.82, 2.24) is 15.0 Å². The molecule has 2 aliphatic rings. The Labute approximate surface area is 265 Å². The summed E-state index contributed by atoms with van der Waals surface area (Å²) in [4.78, 5) is 18.7. The van der Waals surface area contributed by atoms with Crippen molar-refractivity contribution >= 4 is 22.7 Å².